The zero-order valence-electron chi connectivity index (χ0n) is 9.26. The van der Waals surface area contributed by atoms with Crippen LogP contribution in [0.2, 0.25) is 0 Å². The first-order valence-corrected chi connectivity index (χ1v) is 5.01. The van der Waals surface area contributed by atoms with Gasteiger partial charge in [-0.05, 0) is 18.2 Å². The molecule has 0 aliphatic heterocycles. The molecule has 0 spiro atoms. The first kappa shape index (κ1) is 12.9. The van der Waals surface area contributed by atoms with E-state index in [0.717, 1.165) is 10.7 Å². The fraction of sp³-hybridized carbons (Fsp3) is 0.0909. The second-order valence-corrected chi connectivity index (χ2v) is 3.47. The fourth-order valence-corrected chi connectivity index (χ4v) is 1.43. The van der Waals surface area contributed by atoms with Crippen molar-refractivity contribution in [3.63, 3.8) is 0 Å². The highest BCUT2D eigenvalue weighted by atomic mass is 19.4. The number of hydrogen-bond acceptors (Lipinski definition) is 3. The monoisotopic (exact) mass is 272 g/mol. The molecule has 1 N–H and O–H groups in total. The maximum Gasteiger partial charge on any atom is 0.573 e. The normalized spacial score (nSPS) is 11.3. The second-order valence-electron chi connectivity index (χ2n) is 3.47. The minimum absolute atomic E-state index is 0.00711. The number of carboxylic acids is 1. The molecule has 0 aliphatic rings. The summed E-state index contributed by atoms with van der Waals surface area (Å²) < 4.78 is 41.5. The number of rotatable bonds is 3. The molecule has 0 saturated heterocycles. The van der Waals surface area contributed by atoms with Gasteiger partial charge in [0.15, 0.2) is 11.4 Å². The zero-order valence-corrected chi connectivity index (χ0v) is 9.26. The summed E-state index contributed by atoms with van der Waals surface area (Å²) in [5, 5.41) is 12.4. The van der Waals surface area contributed by atoms with Crippen molar-refractivity contribution in [2.75, 3.05) is 0 Å². The molecule has 0 saturated carbocycles. The van der Waals surface area contributed by atoms with Crippen LogP contribution in [0.15, 0.2) is 36.5 Å². The Balaban J connectivity index is 2.41. The van der Waals surface area contributed by atoms with Crippen LogP contribution >= 0.6 is 0 Å². The Kier molecular flexibility index (Phi) is 3.16. The molecule has 0 amide bonds. The first-order chi connectivity index (χ1) is 8.87. The Bertz CT molecular complexity index is 607. The summed E-state index contributed by atoms with van der Waals surface area (Å²) in [6.45, 7) is 0. The van der Waals surface area contributed by atoms with Gasteiger partial charge in [0.2, 0.25) is 0 Å². The minimum Gasteiger partial charge on any atom is -0.476 e. The Labute approximate surface area is 104 Å². The molecular weight excluding hydrogens is 265 g/mol. The van der Waals surface area contributed by atoms with Crippen LogP contribution in [-0.4, -0.2) is 27.2 Å². The van der Waals surface area contributed by atoms with Gasteiger partial charge in [0.25, 0.3) is 0 Å². The van der Waals surface area contributed by atoms with Crippen LogP contribution in [0.1, 0.15) is 10.5 Å². The van der Waals surface area contributed by atoms with Gasteiger partial charge in [0.1, 0.15) is 5.69 Å². The van der Waals surface area contributed by atoms with E-state index < -0.39 is 18.1 Å². The predicted molar refractivity (Wildman–Crippen MR) is 57.2 cm³/mol. The van der Waals surface area contributed by atoms with Crippen LogP contribution in [0.25, 0.3) is 5.69 Å². The van der Waals surface area contributed by atoms with Crippen molar-refractivity contribution in [1.29, 1.82) is 0 Å². The summed E-state index contributed by atoms with van der Waals surface area (Å²) >= 11 is 0. The molecule has 0 radical (unpaired) electrons. The van der Waals surface area contributed by atoms with Gasteiger partial charge in [-0.2, -0.15) is 5.10 Å². The van der Waals surface area contributed by atoms with Crippen LogP contribution in [0.5, 0.6) is 5.75 Å². The molecule has 1 heterocycles. The fourth-order valence-electron chi connectivity index (χ4n) is 1.43. The zero-order chi connectivity index (χ0) is 14.0. The third kappa shape index (κ3) is 3.03. The van der Waals surface area contributed by atoms with E-state index in [1.807, 2.05) is 0 Å². The number of carboxylic acid groups (broad SMARTS) is 1. The number of benzene rings is 1. The highest BCUT2D eigenvalue weighted by Crippen LogP contribution is 2.28. The Morgan fingerprint density at radius 2 is 1.95 bits per heavy atom. The minimum atomic E-state index is -4.83. The number of hydrogen-bond donors (Lipinski definition) is 1. The standard InChI is InChI=1S/C11H7F3N2O3/c12-11(13,14)19-9-4-2-1-3-8(9)16-6-5-7(15-16)10(17)18/h1-6H,(H,17,18). The average Bonchev–Trinajstić information content (AvgIpc) is 2.76. The van der Waals surface area contributed by atoms with Crippen molar-refractivity contribution in [2.24, 2.45) is 0 Å². The van der Waals surface area contributed by atoms with Crippen LogP contribution in [-0.2, 0) is 0 Å². The smallest absolute Gasteiger partial charge is 0.476 e. The Morgan fingerprint density at radius 1 is 1.26 bits per heavy atom. The average molecular weight is 272 g/mol. The maximum absolute atomic E-state index is 12.2. The lowest BCUT2D eigenvalue weighted by molar-refractivity contribution is -0.274. The van der Waals surface area contributed by atoms with Crippen molar-refractivity contribution in [3.8, 4) is 11.4 Å². The Hall–Kier alpha value is -2.51. The van der Waals surface area contributed by atoms with Crippen molar-refractivity contribution >= 4 is 5.97 Å². The van der Waals surface area contributed by atoms with E-state index in [4.69, 9.17) is 5.11 Å². The lowest BCUT2D eigenvalue weighted by atomic mass is 10.3. The van der Waals surface area contributed by atoms with Crippen molar-refractivity contribution in [3.05, 3.63) is 42.2 Å². The van der Waals surface area contributed by atoms with Gasteiger partial charge in [-0.15, -0.1) is 13.2 Å². The van der Waals surface area contributed by atoms with Gasteiger partial charge in [-0.1, -0.05) is 12.1 Å². The molecule has 0 atom stereocenters. The molecule has 100 valence electrons. The highest BCUT2D eigenvalue weighted by Gasteiger charge is 2.32. The van der Waals surface area contributed by atoms with Gasteiger partial charge in [-0.3, -0.25) is 0 Å². The maximum atomic E-state index is 12.2. The van der Waals surface area contributed by atoms with Gasteiger partial charge < -0.3 is 9.84 Å². The quantitative estimate of drug-likeness (QED) is 0.932. The van der Waals surface area contributed by atoms with E-state index in [0.29, 0.717) is 0 Å². The van der Waals surface area contributed by atoms with Gasteiger partial charge in [-0.25, -0.2) is 9.48 Å². The molecule has 2 aromatic rings. The van der Waals surface area contributed by atoms with Crippen LogP contribution in [0.3, 0.4) is 0 Å². The number of aromatic carboxylic acids is 1. The van der Waals surface area contributed by atoms with Gasteiger partial charge in [0, 0.05) is 6.20 Å². The van der Waals surface area contributed by atoms with Crippen molar-refractivity contribution < 1.29 is 27.8 Å². The topological polar surface area (TPSA) is 64.3 Å². The molecule has 1 aromatic carbocycles. The number of para-hydroxylation sites is 2. The molecule has 8 heteroatoms. The molecule has 0 unspecified atom stereocenters. The van der Waals surface area contributed by atoms with Crippen molar-refractivity contribution in [1.82, 2.24) is 9.78 Å². The molecule has 0 aliphatic carbocycles. The van der Waals surface area contributed by atoms with Gasteiger partial charge >= 0.3 is 12.3 Å². The number of ether oxygens (including phenoxy) is 1. The summed E-state index contributed by atoms with van der Waals surface area (Å²) in [5.74, 6) is -1.73. The molecule has 0 bridgehead atoms. The predicted octanol–water partition coefficient (Wildman–Crippen LogP) is 2.47. The van der Waals surface area contributed by atoms with E-state index in [-0.39, 0.29) is 11.4 Å². The third-order valence-electron chi connectivity index (χ3n) is 2.15. The summed E-state index contributed by atoms with van der Waals surface area (Å²) in [6.07, 6.45) is -3.60. The molecule has 0 fully saturated rings. The summed E-state index contributed by atoms with van der Waals surface area (Å²) in [7, 11) is 0. The number of carbonyl (C=O) groups is 1. The third-order valence-corrected chi connectivity index (χ3v) is 2.15. The number of aromatic nitrogens is 2. The van der Waals surface area contributed by atoms with Crippen LogP contribution in [0.4, 0.5) is 13.2 Å². The van der Waals surface area contributed by atoms with Crippen molar-refractivity contribution in [2.45, 2.75) is 6.36 Å². The lowest BCUT2D eigenvalue weighted by Gasteiger charge is -2.12. The molecule has 1 aromatic heterocycles. The number of alkyl halides is 3. The van der Waals surface area contributed by atoms with E-state index in [2.05, 4.69) is 9.84 Å². The van der Waals surface area contributed by atoms with Crippen LogP contribution in [0, 0.1) is 0 Å². The van der Waals surface area contributed by atoms with E-state index in [1.54, 1.807) is 0 Å². The summed E-state index contributed by atoms with van der Waals surface area (Å²) in [4.78, 5) is 10.7. The molecule has 19 heavy (non-hydrogen) atoms. The molecule has 2 rings (SSSR count). The van der Waals surface area contributed by atoms with E-state index in [9.17, 15) is 18.0 Å². The molecular formula is C11H7F3N2O3. The summed E-state index contributed by atoms with van der Waals surface area (Å²) in [6, 6.07) is 6.48. The number of nitrogens with zero attached hydrogens (tertiary/aromatic N) is 2. The van der Waals surface area contributed by atoms with E-state index >= 15 is 0 Å². The number of halogens is 3. The van der Waals surface area contributed by atoms with Gasteiger partial charge in [0.05, 0.1) is 0 Å². The first-order valence-electron chi connectivity index (χ1n) is 5.01. The van der Waals surface area contributed by atoms with Crippen LogP contribution < -0.4 is 4.74 Å². The Morgan fingerprint density at radius 3 is 2.53 bits per heavy atom. The SMILES string of the molecule is O=C(O)c1ccn(-c2ccccc2OC(F)(F)F)n1. The highest BCUT2D eigenvalue weighted by molar-refractivity contribution is 5.85. The molecule has 5 nitrogen and oxygen atoms in total. The lowest BCUT2D eigenvalue weighted by Crippen LogP contribution is -2.18. The van der Waals surface area contributed by atoms with E-state index in [1.165, 1.54) is 30.5 Å². The largest absolute Gasteiger partial charge is 0.573 e. The second kappa shape index (κ2) is 4.63. The summed E-state index contributed by atoms with van der Waals surface area (Å²) in [5.41, 5.74) is -0.283.